The quantitative estimate of drug-likeness (QED) is 0.784. The molecule has 0 aliphatic heterocycles. The molecule has 0 radical (unpaired) electrons. The molecule has 0 spiro atoms. The summed E-state index contributed by atoms with van der Waals surface area (Å²) >= 11 is 0. The molecule has 6 heteroatoms. The lowest BCUT2D eigenvalue weighted by Crippen LogP contribution is -2.04. The van der Waals surface area contributed by atoms with Gasteiger partial charge in [-0.2, -0.15) is 0 Å². The van der Waals surface area contributed by atoms with Crippen molar-refractivity contribution < 1.29 is 23.4 Å². The van der Waals surface area contributed by atoms with E-state index in [-0.39, 0.29) is 16.0 Å². The predicted octanol–water partition coefficient (Wildman–Crippen LogP) is 0.802. The molecule has 15 heavy (non-hydrogen) atoms. The smallest absolute Gasteiger partial charge is 0.336 e. The Morgan fingerprint density at radius 3 is 2.27 bits per heavy atom. The van der Waals surface area contributed by atoms with Gasteiger partial charge in [0.05, 0.1) is 5.56 Å². The van der Waals surface area contributed by atoms with Crippen LogP contribution in [-0.2, 0) is 9.84 Å². The number of carbonyl (C=O) groups is 1. The standard InChI is InChI=1S/C9H10O5S/c1-5-6(9(11)12)3-4-7(8(5)10)15(2,13)14/h3-4,10H,1-2H3,(H,11,12). The Kier molecular flexibility index (Phi) is 2.72. The van der Waals surface area contributed by atoms with Gasteiger partial charge in [0.1, 0.15) is 10.6 Å². The van der Waals surface area contributed by atoms with Crippen molar-refractivity contribution >= 4 is 15.8 Å². The largest absolute Gasteiger partial charge is 0.506 e. The van der Waals surface area contributed by atoms with Crippen molar-refractivity contribution in [3.63, 3.8) is 0 Å². The summed E-state index contributed by atoms with van der Waals surface area (Å²) in [6, 6.07) is 2.24. The van der Waals surface area contributed by atoms with Crippen LogP contribution in [0.15, 0.2) is 17.0 Å². The summed E-state index contributed by atoms with van der Waals surface area (Å²) in [5.41, 5.74) is -0.0645. The fourth-order valence-electron chi connectivity index (χ4n) is 1.21. The number of benzene rings is 1. The minimum atomic E-state index is -3.54. The normalized spacial score (nSPS) is 11.3. The van der Waals surface area contributed by atoms with Crippen molar-refractivity contribution in [3.8, 4) is 5.75 Å². The predicted molar refractivity (Wildman–Crippen MR) is 52.9 cm³/mol. The van der Waals surface area contributed by atoms with E-state index in [1.165, 1.54) is 6.92 Å². The minimum absolute atomic E-state index is 0.0467. The van der Waals surface area contributed by atoms with Gasteiger partial charge in [0.15, 0.2) is 9.84 Å². The molecule has 0 saturated carbocycles. The third-order valence-corrected chi connectivity index (χ3v) is 3.15. The summed E-state index contributed by atoms with van der Waals surface area (Å²) in [7, 11) is -3.54. The highest BCUT2D eigenvalue weighted by Gasteiger charge is 2.19. The summed E-state index contributed by atoms with van der Waals surface area (Å²) in [5.74, 6) is -1.71. The zero-order chi connectivity index (χ0) is 11.8. The molecule has 0 heterocycles. The topological polar surface area (TPSA) is 91.7 Å². The third-order valence-electron chi connectivity index (χ3n) is 2.02. The zero-order valence-electron chi connectivity index (χ0n) is 8.18. The summed E-state index contributed by atoms with van der Waals surface area (Å²) in [5, 5.41) is 18.2. The SMILES string of the molecule is Cc1c(C(=O)O)ccc(S(C)(=O)=O)c1O. The molecule has 0 unspecified atom stereocenters. The monoisotopic (exact) mass is 230 g/mol. The first-order chi connectivity index (χ1) is 6.75. The Balaban J connectivity index is 3.55. The van der Waals surface area contributed by atoms with Gasteiger partial charge in [-0.25, -0.2) is 13.2 Å². The molecule has 0 fully saturated rings. The molecule has 1 rings (SSSR count). The molecule has 0 aliphatic rings. The van der Waals surface area contributed by atoms with Crippen molar-refractivity contribution in [1.82, 2.24) is 0 Å². The van der Waals surface area contributed by atoms with Gasteiger partial charge in [-0.05, 0) is 19.1 Å². The molecule has 82 valence electrons. The average molecular weight is 230 g/mol. The molecule has 0 bridgehead atoms. The van der Waals surface area contributed by atoms with Crippen LogP contribution in [0, 0.1) is 6.92 Å². The molecule has 0 atom stereocenters. The molecule has 0 aliphatic carbocycles. The Hall–Kier alpha value is -1.56. The van der Waals surface area contributed by atoms with Gasteiger partial charge in [0.25, 0.3) is 0 Å². The molecule has 2 N–H and O–H groups in total. The summed E-state index contributed by atoms with van der Waals surface area (Å²) < 4.78 is 22.4. The Bertz CT molecular complexity index is 516. The Morgan fingerprint density at radius 1 is 1.33 bits per heavy atom. The van der Waals surface area contributed by atoms with E-state index in [0.29, 0.717) is 0 Å². The number of phenols is 1. The Labute approximate surface area is 86.9 Å². The molecule has 1 aromatic rings. The number of carboxylic acid groups (broad SMARTS) is 1. The second kappa shape index (κ2) is 3.54. The molecule has 5 nitrogen and oxygen atoms in total. The van der Waals surface area contributed by atoms with Gasteiger partial charge < -0.3 is 10.2 Å². The van der Waals surface area contributed by atoms with Crippen molar-refractivity contribution in [1.29, 1.82) is 0 Å². The summed E-state index contributed by atoms with van der Waals surface area (Å²) in [4.78, 5) is 10.4. The fraction of sp³-hybridized carbons (Fsp3) is 0.222. The van der Waals surface area contributed by atoms with Gasteiger partial charge in [-0.1, -0.05) is 0 Å². The number of hydrogen-bond acceptors (Lipinski definition) is 4. The molecule has 1 aromatic carbocycles. The number of aromatic carboxylic acids is 1. The highest BCUT2D eigenvalue weighted by molar-refractivity contribution is 7.90. The van der Waals surface area contributed by atoms with Crippen LogP contribution < -0.4 is 0 Å². The van der Waals surface area contributed by atoms with Crippen molar-refractivity contribution in [2.45, 2.75) is 11.8 Å². The van der Waals surface area contributed by atoms with Crippen LogP contribution >= 0.6 is 0 Å². The summed E-state index contributed by atoms with van der Waals surface area (Å²) in [6.45, 7) is 1.35. The van der Waals surface area contributed by atoms with Gasteiger partial charge in [0.2, 0.25) is 0 Å². The van der Waals surface area contributed by atoms with E-state index in [9.17, 15) is 18.3 Å². The first-order valence-corrected chi connectivity index (χ1v) is 5.90. The van der Waals surface area contributed by atoms with Crippen LogP contribution in [0.3, 0.4) is 0 Å². The maximum Gasteiger partial charge on any atom is 0.336 e. The first-order valence-electron chi connectivity index (χ1n) is 4.01. The van der Waals surface area contributed by atoms with E-state index in [1.807, 2.05) is 0 Å². The Morgan fingerprint density at radius 2 is 1.87 bits per heavy atom. The van der Waals surface area contributed by atoms with Crippen LogP contribution in [-0.4, -0.2) is 30.9 Å². The molecular formula is C9H10O5S. The van der Waals surface area contributed by atoms with Crippen molar-refractivity contribution in [2.24, 2.45) is 0 Å². The van der Waals surface area contributed by atoms with Gasteiger partial charge in [-0.3, -0.25) is 0 Å². The number of hydrogen-bond donors (Lipinski definition) is 2. The van der Waals surface area contributed by atoms with Crippen LogP contribution in [0.5, 0.6) is 5.75 Å². The second-order valence-electron chi connectivity index (χ2n) is 3.16. The van der Waals surface area contributed by atoms with Crippen molar-refractivity contribution in [3.05, 3.63) is 23.3 Å². The molecule has 0 aromatic heterocycles. The zero-order valence-corrected chi connectivity index (χ0v) is 9.00. The lowest BCUT2D eigenvalue weighted by atomic mass is 10.1. The third kappa shape index (κ3) is 2.10. The number of sulfone groups is 1. The average Bonchev–Trinajstić information content (AvgIpc) is 2.06. The van der Waals surface area contributed by atoms with Crippen LogP contribution in [0.2, 0.25) is 0 Å². The molecular weight excluding hydrogens is 220 g/mol. The maximum absolute atomic E-state index is 11.2. The van der Waals surface area contributed by atoms with Gasteiger partial charge in [-0.15, -0.1) is 0 Å². The van der Waals surface area contributed by atoms with E-state index in [0.717, 1.165) is 18.4 Å². The number of rotatable bonds is 2. The fourth-order valence-corrected chi connectivity index (χ4v) is 2.03. The number of phenolic OH excluding ortho intramolecular Hbond substituents is 1. The van der Waals surface area contributed by atoms with Crippen LogP contribution in [0.25, 0.3) is 0 Å². The summed E-state index contributed by atoms with van der Waals surface area (Å²) in [6.07, 6.45) is 0.946. The van der Waals surface area contributed by atoms with Gasteiger partial charge >= 0.3 is 5.97 Å². The van der Waals surface area contributed by atoms with E-state index in [1.54, 1.807) is 0 Å². The van der Waals surface area contributed by atoms with Crippen molar-refractivity contribution in [2.75, 3.05) is 6.26 Å². The van der Waals surface area contributed by atoms with E-state index in [2.05, 4.69) is 0 Å². The number of carboxylic acids is 1. The highest BCUT2D eigenvalue weighted by Crippen LogP contribution is 2.28. The van der Waals surface area contributed by atoms with Gasteiger partial charge in [0, 0.05) is 11.8 Å². The van der Waals surface area contributed by atoms with Crippen LogP contribution in [0.1, 0.15) is 15.9 Å². The highest BCUT2D eigenvalue weighted by atomic mass is 32.2. The van der Waals surface area contributed by atoms with E-state index in [4.69, 9.17) is 5.11 Å². The van der Waals surface area contributed by atoms with E-state index >= 15 is 0 Å². The maximum atomic E-state index is 11.2. The second-order valence-corrected chi connectivity index (χ2v) is 5.15. The molecule has 0 saturated heterocycles. The lowest BCUT2D eigenvalue weighted by Gasteiger charge is -2.07. The minimum Gasteiger partial charge on any atom is -0.506 e. The van der Waals surface area contributed by atoms with Crippen LogP contribution in [0.4, 0.5) is 0 Å². The molecule has 0 amide bonds. The first kappa shape index (κ1) is 11.5. The van der Waals surface area contributed by atoms with E-state index < -0.39 is 21.6 Å². The lowest BCUT2D eigenvalue weighted by molar-refractivity contribution is 0.0695. The number of aromatic hydroxyl groups is 1.